The quantitative estimate of drug-likeness (QED) is 0.874. The molecule has 1 fully saturated rings. The first-order chi connectivity index (χ1) is 9.72. The zero-order valence-corrected chi connectivity index (χ0v) is 13.1. The lowest BCUT2D eigenvalue weighted by atomic mass is 10.1. The number of carbonyl (C=O) groups excluding carboxylic acids is 1. The standard InChI is InChI=1S/C15H22N2O2S/c1-4-13-14(18)17(10-9-16-2)15(20-13)11-7-5-6-8-12(11)19-3/h5-8,13,15-16H,4,9-10H2,1-3H3/t13-,15-/m1/s1. The van der Waals surface area contributed by atoms with Crippen LogP contribution in [0.15, 0.2) is 24.3 Å². The van der Waals surface area contributed by atoms with Crippen molar-refractivity contribution >= 4 is 17.7 Å². The van der Waals surface area contributed by atoms with Gasteiger partial charge in [-0.05, 0) is 19.5 Å². The van der Waals surface area contributed by atoms with Gasteiger partial charge in [0.25, 0.3) is 0 Å². The summed E-state index contributed by atoms with van der Waals surface area (Å²) in [4.78, 5) is 14.4. The van der Waals surface area contributed by atoms with E-state index in [1.807, 2.05) is 36.2 Å². The van der Waals surface area contributed by atoms with E-state index in [1.165, 1.54) is 0 Å². The maximum Gasteiger partial charge on any atom is 0.236 e. The average molecular weight is 294 g/mol. The first-order valence-electron chi connectivity index (χ1n) is 6.96. The van der Waals surface area contributed by atoms with E-state index in [-0.39, 0.29) is 16.5 Å². The van der Waals surface area contributed by atoms with Crippen molar-refractivity contribution in [3.63, 3.8) is 0 Å². The Morgan fingerprint density at radius 2 is 2.15 bits per heavy atom. The van der Waals surface area contributed by atoms with Gasteiger partial charge < -0.3 is 15.0 Å². The van der Waals surface area contributed by atoms with Crippen LogP contribution in [0.4, 0.5) is 0 Å². The minimum atomic E-state index is 0.0527. The minimum Gasteiger partial charge on any atom is -0.496 e. The predicted octanol–water partition coefficient (Wildman–Crippen LogP) is 2.27. The third-order valence-electron chi connectivity index (χ3n) is 3.51. The summed E-state index contributed by atoms with van der Waals surface area (Å²) in [6, 6.07) is 7.96. The van der Waals surface area contributed by atoms with Crippen LogP contribution in [0.2, 0.25) is 0 Å². The summed E-state index contributed by atoms with van der Waals surface area (Å²) in [6.45, 7) is 3.59. The number of benzene rings is 1. The molecule has 0 aliphatic carbocycles. The molecule has 1 N–H and O–H groups in total. The van der Waals surface area contributed by atoms with Crippen LogP contribution in [0.5, 0.6) is 5.75 Å². The SMILES string of the molecule is CC[C@H]1S[C@H](c2ccccc2OC)N(CCNC)C1=O. The third-order valence-corrected chi connectivity index (χ3v) is 5.14. The van der Waals surface area contributed by atoms with Gasteiger partial charge in [0.1, 0.15) is 11.1 Å². The summed E-state index contributed by atoms with van der Waals surface area (Å²) in [7, 11) is 3.58. The Morgan fingerprint density at radius 3 is 2.80 bits per heavy atom. The van der Waals surface area contributed by atoms with Gasteiger partial charge in [0.05, 0.1) is 12.4 Å². The molecular weight excluding hydrogens is 272 g/mol. The number of carbonyl (C=O) groups is 1. The summed E-state index contributed by atoms with van der Waals surface area (Å²) in [5, 5.41) is 3.22. The lowest BCUT2D eigenvalue weighted by Crippen LogP contribution is -2.36. The summed E-state index contributed by atoms with van der Waals surface area (Å²) < 4.78 is 5.45. The minimum absolute atomic E-state index is 0.0527. The maximum atomic E-state index is 12.5. The second kappa shape index (κ2) is 6.99. The molecule has 110 valence electrons. The van der Waals surface area contributed by atoms with Crippen molar-refractivity contribution in [1.29, 1.82) is 0 Å². The van der Waals surface area contributed by atoms with Gasteiger partial charge in [-0.1, -0.05) is 25.1 Å². The number of rotatable bonds is 6. The molecule has 2 rings (SSSR count). The zero-order chi connectivity index (χ0) is 14.5. The van der Waals surface area contributed by atoms with Crippen LogP contribution in [-0.4, -0.2) is 43.3 Å². The van der Waals surface area contributed by atoms with Gasteiger partial charge in [-0.25, -0.2) is 0 Å². The van der Waals surface area contributed by atoms with Crippen LogP contribution in [0.25, 0.3) is 0 Å². The predicted molar refractivity (Wildman–Crippen MR) is 83.0 cm³/mol. The Hall–Kier alpha value is -1.20. The molecule has 20 heavy (non-hydrogen) atoms. The molecule has 1 aliphatic heterocycles. The molecule has 0 aromatic heterocycles. The molecule has 0 unspecified atom stereocenters. The summed E-state index contributed by atoms with van der Waals surface area (Å²) in [5.74, 6) is 1.09. The molecule has 1 aromatic rings. The van der Waals surface area contributed by atoms with Crippen molar-refractivity contribution in [2.75, 3.05) is 27.2 Å². The molecule has 0 saturated carbocycles. The number of likely N-dealkylation sites (N-methyl/N-ethyl adjacent to an activating group) is 1. The Kier molecular flexibility index (Phi) is 5.31. The Balaban J connectivity index is 2.29. The molecule has 1 saturated heterocycles. The number of nitrogens with one attached hydrogen (secondary N) is 1. The molecule has 5 heteroatoms. The van der Waals surface area contributed by atoms with Gasteiger partial charge in [-0.2, -0.15) is 0 Å². The van der Waals surface area contributed by atoms with Gasteiger partial charge >= 0.3 is 0 Å². The maximum absolute atomic E-state index is 12.5. The number of para-hydroxylation sites is 1. The molecule has 2 atom stereocenters. The van der Waals surface area contributed by atoms with E-state index in [4.69, 9.17) is 4.74 Å². The second-order valence-corrected chi connectivity index (χ2v) is 6.05. The van der Waals surface area contributed by atoms with E-state index in [9.17, 15) is 4.79 Å². The van der Waals surface area contributed by atoms with Crippen molar-refractivity contribution < 1.29 is 9.53 Å². The molecule has 0 bridgehead atoms. The molecule has 0 radical (unpaired) electrons. The summed E-state index contributed by atoms with van der Waals surface area (Å²) >= 11 is 1.73. The van der Waals surface area contributed by atoms with Crippen molar-refractivity contribution in [3.05, 3.63) is 29.8 Å². The van der Waals surface area contributed by atoms with Crippen LogP contribution in [0.1, 0.15) is 24.3 Å². The van der Waals surface area contributed by atoms with E-state index in [0.29, 0.717) is 0 Å². The number of thioether (sulfide) groups is 1. The summed E-state index contributed by atoms with van der Waals surface area (Å²) in [5.41, 5.74) is 1.08. The molecule has 0 spiro atoms. The third kappa shape index (κ3) is 2.94. The van der Waals surface area contributed by atoms with Gasteiger partial charge in [0.15, 0.2) is 0 Å². The smallest absolute Gasteiger partial charge is 0.236 e. The first-order valence-corrected chi connectivity index (χ1v) is 7.90. The van der Waals surface area contributed by atoms with Gasteiger partial charge in [0.2, 0.25) is 5.91 Å². The van der Waals surface area contributed by atoms with Crippen LogP contribution < -0.4 is 10.1 Å². The molecule has 1 heterocycles. The van der Waals surface area contributed by atoms with Gasteiger partial charge in [-0.15, -0.1) is 11.8 Å². The topological polar surface area (TPSA) is 41.6 Å². The van der Waals surface area contributed by atoms with Crippen molar-refractivity contribution in [2.45, 2.75) is 24.0 Å². The number of ether oxygens (including phenoxy) is 1. The van der Waals surface area contributed by atoms with Crippen LogP contribution in [-0.2, 0) is 4.79 Å². The number of methoxy groups -OCH3 is 1. The van der Waals surface area contributed by atoms with Crippen molar-refractivity contribution in [1.82, 2.24) is 10.2 Å². The second-order valence-electron chi connectivity index (χ2n) is 4.76. The highest BCUT2D eigenvalue weighted by Crippen LogP contribution is 2.46. The Bertz CT molecular complexity index is 467. The number of hydrogen-bond donors (Lipinski definition) is 1. The summed E-state index contributed by atoms with van der Waals surface area (Å²) in [6.07, 6.45) is 0.866. The van der Waals surface area contributed by atoms with Gasteiger partial charge in [0, 0.05) is 18.7 Å². The van der Waals surface area contributed by atoms with Crippen LogP contribution in [0, 0.1) is 0 Å². The van der Waals surface area contributed by atoms with E-state index < -0.39 is 0 Å². The molecule has 1 aliphatic rings. The van der Waals surface area contributed by atoms with E-state index >= 15 is 0 Å². The normalized spacial score (nSPS) is 22.4. The van der Waals surface area contributed by atoms with Crippen LogP contribution >= 0.6 is 11.8 Å². The Morgan fingerprint density at radius 1 is 1.40 bits per heavy atom. The highest BCUT2D eigenvalue weighted by Gasteiger charge is 2.40. The number of hydrogen-bond acceptors (Lipinski definition) is 4. The molecule has 1 aromatic carbocycles. The molecule has 4 nitrogen and oxygen atoms in total. The highest BCUT2D eigenvalue weighted by atomic mass is 32.2. The van der Waals surface area contributed by atoms with Crippen molar-refractivity contribution in [3.8, 4) is 5.75 Å². The fraction of sp³-hybridized carbons (Fsp3) is 0.533. The molecule has 1 amide bonds. The van der Waals surface area contributed by atoms with Gasteiger partial charge in [-0.3, -0.25) is 4.79 Å². The lowest BCUT2D eigenvalue weighted by molar-refractivity contribution is -0.130. The van der Waals surface area contributed by atoms with Crippen LogP contribution in [0.3, 0.4) is 0 Å². The lowest BCUT2D eigenvalue weighted by Gasteiger charge is -2.25. The largest absolute Gasteiger partial charge is 0.496 e. The average Bonchev–Trinajstić information content (AvgIpc) is 2.81. The van der Waals surface area contributed by atoms with Crippen molar-refractivity contribution in [2.24, 2.45) is 0 Å². The molecular formula is C15H22N2O2S. The first kappa shape index (κ1) is 15.2. The fourth-order valence-electron chi connectivity index (χ4n) is 2.43. The highest BCUT2D eigenvalue weighted by molar-refractivity contribution is 8.01. The fourth-order valence-corrected chi connectivity index (χ4v) is 3.88. The van der Waals surface area contributed by atoms with E-state index in [1.54, 1.807) is 18.9 Å². The van der Waals surface area contributed by atoms with E-state index in [2.05, 4.69) is 12.2 Å². The van der Waals surface area contributed by atoms with E-state index in [0.717, 1.165) is 30.8 Å². The zero-order valence-electron chi connectivity index (χ0n) is 12.3. The number of nitrogens with zero attached hydrogens (tertiary/aromatic N) is 1. The number of amides is 1. The Labute approximate surface area is 124 Å². The monoisotopic (exact) mass is 294 g/mol.